The molecule has 0 radical (unpaired) electrons. The lowest BCUT2D eigenvalue weighted by molar-refractivity contribution is 0.283. The highest BCUT2D eigenvalue weighted by atomic mass is 16.5. The molecule has 0 atom stereocenters. The number of hydrogen-bond donors (Lipinski definition) is 0. The molecule has 80 valence electrons. The van der Waals surface area contributed by atoms with E-state index in [0.717, 1.165) is 30.8 Å². The third kappa shape index (κ3) is 5.63. The Morgan fingerprint density at radius 3 is 2.14 bits per heavy atom. The van der Waals surface area contributed by atoms with E-state index in [9.17, 15) is 0 Å². The summed E-state index contributed by atoms with van der Waals surface area (Å²) >= 11 is 0. The van der Waals surface area contributed by atoms with Gasteiger partial charge in [0.2, 0.25) is 0 Å². The van der Waals surface area contributed by atoms with E-state index < -0.39 is 0 Å². The Bertz CT molecular complexity index is 221. The lowest BCUT2D eigenvalue weighted by atomic mass is 10.3. The van der Waals surface area contributed by atoms with Crippen LogP contribution in [0.15, 0.2) is 35.8 Å². The molecule has 0 spiro atoms. The van der Waals surface area contributed by atoms with Crippen molar-refractivity contribution >= 4 is 0 Å². The van der Waals surface area contributed by atoms with Crippen molar-refractivity contribution in [3.63, 3.8) is 0 Å². The molecule has 0 saturated heterocycles. The second-order valence-electron chi connectivity index (χ2n) is 3.03. The van der Waals surface area contributed by atoms with E-state index in [0.29, 0.717) is 0 Å². The van der Waals surface area contributed by atoms with Crippen LogP contribution < -0.4 is 0 Å². The minimum absolute atomic E-state index is 0.936. The first-order chi connectivity index (χ1) is 6.78. The molecule has 0 aromatic rings. The lowest BCUT2D eigenvalue weighted by Gasteiger charge is -2.09. The zero-order valence-corrected chi connectivity index (χ0v) is 9.84. The third-order valence-electron chi connectivity index (χ3n) is 1.93. The van der Waals surface area contributed by atoms with Gasteiger partial charge in [0.25, 0.3) is 0 Å². The molecule has 0 aliphatic heterocycles. The molecule has 0 aliphatic carbocycles. The summed E-state index contributed by atoms with van der Waals surface area (Å²) < 4.78 is 5.72. The van der Waals surface area contributed by atoms with Gasteiger partial charge >= 0.3 is 0 Å². The van der Waals surface area contributed by atoms with E-state index in [1.807, 2.05) is 19.1 Å². The second-order valence-corrected chi connectivity index (χ2v) is 3.03. The highest BCUT2D eigenvalue weighted by Crippen LogP contribution is 2.12. The summed E-state index contributed by atoms with van der Waals surface area (Å²) in [6, 6.07) is 0. The van der Waals surface area contributed by atoms with Crippen molar-refractivity contribution in [3.8, 4) is 0 Å². The normalized spacial score (nSPS) is 13.7. The van der Waals surface area contributed by atoms with E-state index in [2.05, 4.69) is 32.9 Å². The van der Waals surface area contributed by atoms with Crippen molar-refractivity contribution in [2.24, 2.45) is 0 Å². The highest BCUT2D eigenvalue weighted by molar-refractivity contribution is 5.09. The Morgan fingerprint density at radius 1 is 1.07 bits per heavy atom. The summed E-state index contributed by atoms with van der Waals surface area (Å²) in [4.78, 5) is 0. The monoisotopic (exact) mass is 194 g/mol. The van der Waals surface area contributed by atoms with E-state index in [-0.39, 0.29) is 0 Å². The van der Waals surface area contributed by atoms with Gasteiger partial charge in [-0.05, 0) is 25.5 Å². The molecule has 1 heteroatoms. The molecule has 14 heavy (non-hydrogen) atoms. The van der Waals surface area contributed by atoms with Crippen molar-refractivity contribution < 1.29 is 4.74 Å². The molecule has 1 nitrogen and oxygen atoms in total. The first kappa shape index (κ1) is 13.0. The van der Waals surface area contributed by atoms with Gasteiger partial charge in [0, 0.05) is 12.8 Å². The maximum Gasteiger partial charge on any atom is 0.103 e. The van der Waals surface area contributed by atoms with E-state index >= 15 is 0 Å². The van der Waals surface area contributed by atoms with Crippen molar-refractivity contribution in [2.45, 2.75) is 47.0 Å². The van der Waals surface area contributed by atoms with Crippen molar-refractivity contribution in [1.29, 1.82) is 0 Å². The number of hydrogen-bond acceptors (Lipinski definition) is 1. The van der Waals surface area contributed by atoms with Crippen molar-refractivity contribution in [1.82, 2.24) is 0 Å². The molecule has 0 unspecified atom stereocenters. The predicted molar refractivity (Wildman–Crippen MR) is 62.9 cm³/mol. The number of ether oxygens (including phenoxy) is 1. The van der Waals surface area contributed by atoms with Crippen LogP contribution in [0.4, 0.5) is 0 Å². The summed E-state index contributed by atoms with van der Waals surface area (Å²) in [5.74, 6) is 2.08. The van der Waals surface area contributed by atoms with Gasteiger partial charge in [0.05, 0.1) is 5.76 Å². The first-order valence-electron chi connectivity index (χ1n) is 5.47. The van der Waals surface area contributed by atoms with Crippen LogP contribution >= 0.6 is 0 Å². The lowest BCUT2D eigenvalue weighted by Crippen LogP contribution is -1.90. The predicted octanol–water partition coefficient (Wildman–Crippen LogP) is 4.58. The average Bonchev–Trinajstić information content (AvgIpc) is 2.23. The average molecular weight is 194 g/mol. The smallest absolute Gasteiger partial charge is 0.103 e. The van der Waals surface area contributed by atoms with E-state index in [4.69, 9.17) is 4.74 Å². The van der Waals surface area contributed by atoms with Crippen molar-refractivity contribution in [3.05, 3.63) is 35.8 Å². The fraction of sp³-hybridized carbons (Fsp3) is 0.538. The summed E-state index contributed by atoms with van der Waals surface area (Å²) in [7, 11) is 0. The zero-order chi connectivity index (χ0) is 10.8. The fourth-order valence-corrected chi connectivity index (χ4v) is 1.04. The quantitative estimate of drug-likeness (QED) is 0.444. The maximum atomic E-state index is 5.72. The van der Waals surface area contributed by atoms with Crippen molar-refractivity contribution in [2.75, 3.05) is 0 Å². The molecule has 0 saturated carbocycles. The van der Waals surface area contributed by atoms with E-state index in [1.165, 1.54) is 0 Å². The zero-order valence-electron chi connectivity index (χ0n) is 9.84. The van der Waals surface area contributed by atoms with Crippen LogP contribution in [0, 0.1) is 0 Å². The fourth-order valence-electron chi connectivity index (χ4n) is 1.04. The highest BCUT2D eigenvalue weighted by Gasteiger charge is 1.97. The molecular weight excluding hydrogens is 172 g/mol. The molecule has 0 fully saturated rings. The SMILES string of the molecule is CC=C(CC)OC(=CC=CCC)CC. The topological polar surface area (TPSA) is 9.23 Å². The van der Waals surface area contributed by atoms with Gasteiger partial charge in [0.15, 0.2) is 0 Å². The van der Waals surface area contributed by atoms with Gasteiger partial charge < -0.3 is 4.74 Å². The minimum atomic E-state index is 0.936. The molecule has 0 heterocycles. The largest absolute Gasteiger partial charge is 0.466 e. The molecular formula is C13H22O. The summed E-state index contributed by atoms with van der Waals surface area (Å²) in [5.41, 5.74) is 0. The van der Waals surface area contributed by atoms with Gasteiger partial charge in [-0.1, -0.05) is 32.9 Å². The van der Waals surface area contributed by atoms with Crippen LogP contribution in [0.1, 0.15) is 47.0 Å². The van der Waals surface area contributed by atoms with Gasteiger partial charge in [0.1, 0.15) is 5.76 Å². The Balaban J connectivity index is 4.27. The summed E-state index contributed by atoms with van der Waals surface area (Å²) in [6.45, 7) is 8.34. The second kappa shape index (κ2) is 8.61. The van der Waals surface area contributed by atoms with Crippen LogP contribution in [-0.4, -0.2) is 0 Å². The molecule has 0 aromatic carbocycles. The van der Waals surface area contributed by atoms with Gasteiger partial charge in [-0.25, -0.2) is 0 Å². The molecule has 0 bridgehead atoms. The Hall–Kier alpha value is -0.980. The van der Waals surface area contributed by atoms with E-state index in [1.54, 1.807) is 0 Å². The van der Waals surface area contributed by atoms with Gasteiger partial charge in [-0.15, -0.1) is 0 Å². The van der Waals surface area contributed by atoms with Gasteiger partial charge in [-0.3, -0.25) is 0 Å². The Morgan fingerprint density at radius 2 is 1.71 bits per heavy atom. The summed E-state index contributed by atoms with van der Waals surface area (Å²) in [5, 5.41) is 0. The number of rotatable bonds is 6. The Kier molecular flexibility index (Phi) is 8.01. The van der Waals surface area contributed by atoms with Gasteiger partial charge in [-0.2, -0.15) is 0 Å². The standard InChI is InChI=1S/C13H22O/c1-5-9-10-11-13(8-4)14-12(6-2)7-3/h6,9-11H,5,7-8H2,1-4H3. The van der Waals surface area contributed by atoms with Crippen LogP contribution in [-0.2, 0) is 4.74 Å². The third-order valence-corrected chi connectivity index (χ3v) is 1.93. The molecule has 0 N–H and O–H groups in total. The molecule has 0 aromatic heterocycles. The summed E-state index contributed by atoms with van der Waals surface area (Å²) in [6.07, 6.45) is 11.2. The maximum absolute atomic E-state index is 5.72. The van der Waals surface area contributed by atoms with Crippen LogP contribution in [0.25, 0.3) is 0 Å². The van der Waals surface area contributed by atoms with Crippen LogP contribution in [0.5, 0.6) is 0 Å². The Labute approximate surface area is 88.2 Å². The molecule has 0 rings (SSSR count). The van der Waals surface area contributed by atoms with Crippen LogP contribution in [0.2, 0.25) is 0 Å². The molecule has 0 aliphatic rings. The number of allylic oxidation sites excluding steroid dienone is 6. The minimum Gasteiger partial charge on any atom is -0.466 e. The van der Waals surface area contributed by atoms with Crippen LogP contribution in [0.3, 0.4) is 0 Å². The molecule has 0 amide bonds. The first-order valence-corrected chi connectivity index (χ1v) is 5.47.